The smallest absolute Gasteiger partial charge is 0.0648 e. The Bertz CT molecular complexity index is 483. The van der Waals surface area contributed by atoms with Crippen LogP contribution in [0, 0.1) is 23.2 Å². The van der Waals surface area contributed by atoms with Crippen LogP contribution in [0.15, 0.2) is 25.3 Å². The SMILES string of the molecule is C=CCOC1CCC(C(C)(C)C2CCCC(CC)C2)CC1.C=CCOC1CCCCC1.CC. The molecule has 0 amide bonds. The van der Waals surface area contributed by atoms with Gasteiger partial charge in [0.15, 0.2) is 0 Å². The van der Waals surface area contributed by atoms with Crippen molar-refractivity contribution in [3.63, 3.8) is 0 Å². The van der Waals surface area contributed by atoms with Crippen molar-refractivity contribution in [2.75, 3.05) is 13.2 Å². The van der Waals surface area contributed by atoms with Crippen LogP contribution in [0.1, 0.15) is 125 Å². The third-order valence-corrected chi connectivity index (χ3v) is 8.59. The van der Waals surface area contributed by atoms with E-state index in [-0.39, 0.29) is 0 Å². The Balaban J connectivity index is 0.000000380. The van der Waals surface area contributed by atoms with Gasteiger partial charge in [-0.05, 0) is 74.5 Å². The molecule has 2 heteroatoms. The van der Waals surface area contributed by atoms with Gasteiger partial charge < -0.3 is 9.47 Å². The van der Waals surface area contributed by atoms with Gasteiger partial charge in [-0.2, -0.15) is 0 Å². The molecule has 33 heavy (non-hydrogen) atoms. The van der Waals surface area contributed by atoms with Crippen LogP contribution < -0.4 is 0 Å². The highest BCUT2D eigenvalue weighted by molar-refractivity contribution is 4.91. The summed E-state index contributed by atoms with van der Waals surface area (Å²) in [5.41, 5.74) is 0.525. The highest BCUT2D eigenvalue weighted by atomic mass is 16.5. The van der Waals surface area contributed by atoms with Crippen LogP contribution in [-0.4, -0.2) is 25.4 Å². The molecule has 3 aliphatic carbocycles. The summed E-state index contributed by atoms with van der Waals surface area (Å²) in [6.45, 7) is 20.3. The average Bonchev–Trinajstić information content (AvgIpc) is 2.88. The first-order chi connectivity index (χ1) is 16.0. The standard InChI is InChI=1S/C20H36O.C9H16O.C2H6/c1-5-14-21-19-12-10-17(11-13-19)20(3,4)18-9-7-8-16(6-2)15-18;1-2-8-10-9-6-4-3-5-7-9;1-2/h5,16-19H,1,6-15H2,2-4H3;2,9H,1,3-8H2;1-2H3. The molecule has 0 bridgehead atoms. The molecule has 0 saturated heterocycles. The van der Waals surface area contributed by atoms with E-state index < -0.39 is 0 Å². The first-order valence-corrected chi connectivity index (χ1v) is 14.5. The van der Waals surface area contributed by atoms with E-state index in [0.29, 0.717) is 17.6 Å². The summed E-state index contributed by atoms with van der Waals surface area (Å²) < 4.78 is 11.4. The maximum atomic E-state index is 5.85. The Kier molecular flexibility index (Phi) is 16.4. The van der Waals surface area contributed by atoms with Crippen LogP contribution in [0.3, 0.4) is 0 Å². The summed E-state index contributed by atoms with van der Waals surface area (Å²) in [6, 6.07) is 0. The maximum absolute atomic E-state index is 5.85. The summed E-state index contributed by atoms with van der Waals surface area (Å²) in [6.07, 6.45) is 23.9. The molecule has 3 fully saturated rings. The summed E-state index contributed by atoms with van der Waals surface area (Å²) >= 11 is 0. The fourth-order valence-electron chi connectivity index (χ4n) is 6.28. The fourth-order valence-corrected chi connectivity index (χ4v) is 6.28. The lowest BCUT2D eigenvalue weighted by Gasteiger charge is -2.47. The van der Waals surface area contributed by atoms with Gasteiger partial charge in [-0.3, -0.25) is 0 Å². The van der Waals surface area contributed by atoms with Gasteiger partial charge in [0.25, 0.3) is 0 Å². The van der Waals surface area contributed by atoms with Gasteiger partial charge in [0, 0.05) is 0 Å². The van der Waals surface area contributed by atoms with E-state index in [9.17, 15) is 0 Å². The maximum Gasteiger partial charge on any atom is 0.0648 e. The van der Waals surface area contributed by atoms with E-state index in [2.05, 4.69) is 33.9 Å². The molecular weight excluding hydrogens is 404 g/mol. The topological polar surface area (TPSA) is 18.5 Å². The average molecular weight is 463 g/mol. The Morgan fingerprint density at radius 2 is 1.24 bits per heavy atom. The van der Waals surface area contributed by atoms with E-state index in [0.717, 1.165) is 31.0 Å². The van der Waals surface area contributed by atoms with E-state index >= 15 is 0 Å². The van der Waals surface area contributed by atoms with Crippen LogP contribution in [-0.2, 0) is 9.47 Å². The van der Waals surface area contributed by atoms with Gasteiger partial charge in [-0.15, -0.1) is 13.2 Å². The molecule has 0 N–H and O–H groups in total. The molecule has 0 aliphatic heterocycles. The van der Waals surface area contributed by atoms with Crippen LogP contribution in [0.2, 0.25) is 0 Å². The van der Waals surface area contributed by atoms with Crippen molar-refractivity contribution in [1.29, 1.82) is 0 Å². The highest BCUT2D eigenvalue weighted by Crippen LogP contribution is 2.49. The second-order valence-electron chi connectivity index (χ2n) is 10.9. The van der Waals surface area contributed by atoms with Crippen LogP contribution in [0.5, 0.6) is 0 Å². The van der Waals surface area contributed by atoms with Crippen molar-refractivity contribution in [2.45, 2.75) is 137 Å². The normalized spacial score (nSPS) is 28.5. The van der Waals surface area contributed by atoms with Crippen LogP contribution >= 0.6 is 0 Å². The quantitative estimate of drug-likeness (QED) is 0.317. The second kappa shape index (κ2) is 17.8. The van der Waals surface area contributed by atoms with Crippen molar-refractivity contribution in [3.05, 3.63) is 25.3 Å². The highest BCUT2D eigenvalue weighted by Gasteiger charge is 2.40. The van der Waals surface area contributed by atoms with Crippen LogP contribution in [0.4, 0.5) is 0 Å². The number of rotatable bonds is 9. The van der Waals surface area contributed by atoms with Crippen molar-refractivity contribution >= 4 is 0 Å². The van der Waals surface area contributed by atoms with E-state index in [4.69, 9.17) is 9.47 Å². The third kappa shape index (κ3) is 11.1. The van der Waals surface area contributed by atoms with Crippen molar-refractivity contribution in [3.8, 4) is 0 Å². The predicted octanol–water partition coefficient (Wildman–Crippen LogP) is 9.54. The van der Waals surface area contributed by atoms with Gasteiger partial charge in [0.1, 0.15) is 0 Å². The zero-order valence-corrected chi connectivity index (χ0v) is 23.1. The van der Waals surface area contributed by atoms with Crippen molar-refractivity contribution < 1.29 is 9.47 Å². The van der Waals surface area contributed by atoms with Crippen molar-refractivity contribution in [1.82, 2.24) is 0 Å². The predicted molar refractivity (Wildman–Crippen MR) is 146 cm³/mol. The lowest BCUT2D eigenvalue weighted by Crippen LogP contribution is -2.38. The molecule has 0 heterocycles. The molecule has 2 atom stereocenters. The Hall–Kier alpha value is -0.600. The Morgan fingerprint density at radius 3 is 1.76 bits per heavy atom. The van der Waals surface area contributed by atoms with Gasteiger partial charge in [0.2, 0.25) is 0 Å². The molecule has 194 valence electrons. The molecule has 3 aliphatic rings. The summed E-state index contributed by atoms with van der Waals surface area (Å²) in [7, 11) is 0. The summed E-state index contributed by atoms with van der Waals surface area (Å²) in [5.74, 6) is 2.85. The lowest BCUT2D eigenvalue weighted by molar-refractivity contribution is -0.0115. The lowest BCUT2D eigenvalue weighted by atomic mass is 9.59. The minimum atomic E-state index is 0.491. The summed E-state index contributed by atoms with van der Waals surface area (Å²) in [5, 5.41) is 0. The molecule has 2 nitrogen and oxygen atoms in total. The van der Waals surface area contributed by atoms with Gasteiger partial charge in [-0.25, -0.2) is 0 Å². The molecule has 0 aromatic rings. The molecule has 0 aromatic heterocycles. The van der Waals surface area contributed by atoms with Crippen LogP contribution in [0.25, 0.3) is 0 Å². The molecule has 0 aromatic carbocycles. The minimum absolute atomic E-state index is 0.491. The van der Waals surface area contributed by atoms with Crippen molar-refractivity contribution in [2.24, 2.45) is 23.2 Å². The summed E-state index contributed by atoms with van der Waals surface area (Å²) in [4.78, 5) is 0. The first-order valence-electron chi connectivity index (χ1n) is 14.5. The zero-order valence-electron chi connectivity index (χ0n) is 23.1. The number of ether oxygens (including phenoxy) is 2. The van der Waals surface area contributed by atoms with Gasteiger partial charge in [0.05, 0.1) is 25.4 Å². The molecule has 0 spiro atoms. The van der Waals surface area contributed by atoms with Gasteiger partial charge >= 0.3 is 0 Å². The number of hydrogen-bond acceptors (Lipinski definition) is 2. The monoisotopic (exact) mass is 462 g/mol. The Morgan fingerprint density at radius 1 is 0.697 bits per heavy atom. The van der Waals surface area contributed by atoms with E-state index in [1.807, 2.05) is 26.0 Å². The zero-order chi connectivity index (χ0) is 24.5. The largest absolute Gasteiger partial charge is 0.374 e. The third-order valence-electron chi connectivity index (χ3n) is 8.59. The van der Waals surface area contributed by atoms with Gasteiger partial charge in [-0.1, -0.05) is 85.3 Å². The minimum Gasteiger partial charge on any atom is -0.374 e. The fraction of sp³-hybridized carbons (Fsp3) is 0.871. The first kappa shape index (κ1) is 30.4. The molecule has 0 radical (unpaired) electrons. The molecule has 3 rings (SSSR count). The second-order valence-corrected chi connectivity index (χ2v) is 10.9. The number of hydrogen-bond donors (Lipinski definition) is 0. The molecule has 3 saturated carbocycles. The molecular formula is C31H58O2. The molecule has 2 unspecified atom stereocenters. The van der Waals surface area contributed by atoms with E-state index in [1.165, 1.54) is 89.9 Å². The van der Waals surface area contributed by atoms with E-state index in [1.54, 1.807) is 0 Å². The Labute approximate surface area is 208 Å².